The molecule has 0 aliphatic carbocycles. The molecule has 0 spiro atoms. The Bertz CT molecular complexity index is 578. The first-order valence-electron chi connectivity index (χ1n) is 6.51. The van der Waals surface area contributed by atoms with E-state index in [1.165, 1.54) is 0 Å². The number of furan rings is 1. The lowest BCUT2D eigenvalue weighted by molar-refractivity contribution is -0.138. The summed E-state index contributed by atoms with van der Waals surface area (Å²) in [6, 6.07) is 3.52. The molecule has 20 heavy (non-hydrogen) atoms. The van der Waals surface area contributed by atoms with E-state index in [1.807, 2.05) is 0 Å². The molecule has 2 aromatic rings. The van der Waals surface area contributed by atoms with Gasteiger partial charge in [0, 0.05) is 13.0 Å². The average molecular weight is 277 g/mol. The maximum Gasteiger partial charge on any atom is 0.303 e. The first-order valence-corrected chi connectivity index (χ1v) is 6.51. The summed E-state index contributed by atoms with van der Waals surface area (Å²) in [6.45, 7) is 2.16. The largest absolute Gasteiger partial charge is 0.481 e. The molecule has 1 saturated heterocycles. The fraction of sp³-hybridized carbons (Fsp3) is 0.462. The molecule has 2 aromatic heterocycles. The molecule has 0 amide bonds. The van der Waals surface area contributed by atoms with Crippen LogP contribution in [0.4, 0.5) is 0 Å². The van der Waals surface area contributed by atoms with Gasteiger partial charge in [-0.1, -0.05) is 0 Å². The van der Waals surface area contributed by atoms with Crippen LogP contribution in [0.3, 0.4) is 0 Å². The molecule has 1 aliphatic heterocycles. The van der Waals surface area contributed by atoms with Crippen LogP contribution in [-0.2, 0) is 11.3 Å². The number of nitrogens with zero attached hydrogens (tertiary/aromatic N) is 3. The van der Waals surface area contributed by atoms with E-state index in [-0.39, 0.29) is 12.3 Å². The molecule has 1 unspecified atom stereocenters. The van der Waals surface area contributed by atoms with Crippen LogP contribution in [0.2, 0.25) is 0 Å². The Morgan fingerprint density at radius 3 is 3.15 bits per heavy atom. The molecule has 7 heteroatoms. The van der Waals surface area contributed by atoms with Crippen molar-refractivity contribution in [1.82, 2.24) is 15.1 Å². The summed E-state index contributed by atoms with van der Waals surface area (Å²) in [6.07, 6.45) is 2.67. The first kappa shape index (κ1) is 12.9. The Morgan fingerprint density at radius 2 is 2.40 bits per heavy atom. The van der Waals surface area contributed by atoms with Gasteiger partial charge in [-0.05, 0) is 31.0 Å². The molecule has 1 fully saturated rings. The van der Waals surface area contributed by atoms with Gasteiger partial charge in [0.25, 0.3) is 5.89 Å². The van der Waals surface area contributed by atoms with Gasteiger partial charge in [-0.2, -0.15) is 0 Å². The smallest absolute Gasteiger partial charge is 0.303 e. The van der Waals surface area contributed by atoms with E-state index in [9.17, 15) is 4.79 Å². The fourth-order valence-corrected chi connectivity index (χ4v) is 2.48. The zero-order valence-corrected chi connectivity index (χ0v) is 10.9. The van der Waals surface area contributed by atoms with Crippen molar-refractivity contribution in [3.63, 3.8) is 0 Å². The second-order valence-electron chi connectivity index (χ2n) is 4.97. The number of aromatic nitrogens is 2. The lowest BCUT2D eigenvalue weighted by Crippen LogP contribution is -2.21. The molecular formula is C13H15N3O4. The van der Waals surface area contributed by atoms with Crippen molar-refractivity contribution in [1.29, 1.82) is 0 Å². The van der Waals surface area contributed by atoms with E-state index in [4.69, 9.17) is 13.9 Å². The van der Waals surface area contributed by atoms with Crippen molar-refractivity contribution in [2.24, 2.45) is 5.92 Å². The topological polar surface area (TPSA) is 92.6 Å². The van der Waals surface area contributed by atoms with Crippen molar-refractivity contribution >= 4 is 5.97 Å². The highest BCUT2D eigenvalue weighted by Crippen LogP contribution is 2.23. The van der Waals surface area contributed by atoms with E-state index in [2.05, 4.69) is 15.1 Å². The lowest BCUT2D eigenvalue weighted by Gasteiger charge is -2.12. The number of carboxylic acid groups (broad SMARTS) is 1. The van der Waals surface area contributed by atoms with Crippen LogP contribution in [0, 0.1) is 5.92 Å². The predicted octanol–water partition coefficient (Wildman–Crippen LogP) is 1.63. The summed E-state index contributed by atoms with van der Waals surface area (Å²) in [4.78, 5) is 12.8. The number of likely N-dealkylation sites (tertiary alicyclic amines) is 1. The highest BCUT2D eigenvalue weighted by atomic mass is 16.4. The molecular weight excluding hydrogens is 262 g/mol. The number of hydrogen-bond acceptors (Lipinski definition) is 6. The average Bonchev–Trinajstić information content (AvgIpc) is 3.09. The highest BCUT2D eigenvalue weighted by Gasteiger charge is 2.25. The van der Waals surface area contributed by atoms with Crippen LogP contribution < -0.4 is 0 Å². The zero-order valence-electron chi connectivity index (χ0n) is 10.9. The summed E-state index contributed by atoms with van der Waals surface area (Å²) in [5, 5.41) is 16.7. The quantitative estimate of drug-likeness (QED) is 0.887. The minimum atomic E-state index is -0.741. The molecule has 3 heterocycles. The van der Waals surface area contributed by atoms with Crippen molar-refractivity contribution in [3.05, 3.63) is 24.3 Å². The Balaban J connectivity index is 1.58. The molecule has 0 saturated carbocycles. The molecule has 1 atom stereocenters. The molecule has 1 aliphatic rings. The molecule has 106 valence electrons. The van der Waals surface area contributed by atoms with Gasteiger partial charge in [-0.3, -0.25) is 9.69 Å². The van der Waals surface area contributed by atoms with Crippen LogP contribution in [0.5, 0.6) is 0 Å². The number of carboxylic acids is 1. The summed E-state index contributed by atoms with van der Waals surface area (Å²) in [5.41, 5.74) is 0. The van der Waals surface area contributed by atoms with E-state index in [0.717, 1.165) is 19.5 Å². The third-order valence-electron chi connectivity index (χ3n) is 3.39. The maximum absolute atomic E-state index is 10.7. The summed E-state index contributed by atoms with van der Waals surface area (Å²) < 4.78 is 10.7. The van der Waals surface area contributed by atoms with Crippen LogP contribution in [0.25, 0.3) is 11.7 Å². The fourth-order valence-electron chi connectivity index (χ4n) is 2.48. The van der Waals surface area contributed by atoms with Crippen molar-refractivity contribution in [2.75, 3.05) is 13.1 Å². The summed E-state index contributed by atoms with van der Waals surface area (Å²) in [5.74, 6) is 0.905. The second-order valence-corrected chi connectivity index (χ2v) is 4.97. The molecule has 3 rings (SSSR count). The summed E-state index contributed by atoms with van der Waals surface area (Å²) >= 11 is 0. The minimum Gasteiger partial charge on any atom is -0.481 e. The number of rotatable bonds is 5. The first-order chi connectivity index (χ1) is 9.70. The third kappa shape index (κ3) is 2.88. The van der Waals surface area contributed by atoms with Crippen LogP contribution >= 0.6 is 0 Å². The molecule has 0 bridgehead atoms. The van der Waals surface area contributed by atoms with Crippen molar-refractivity contribution in [2.45, 2.75) is 19.4 Å². The maximum atomic E-state index is 10.7. The van der Waals surface area contributed by atoms with Gasteiger partial charge in [0.05, 0.1) is 12.8 Å². The third-order valence-corrected chi connectivity index (χ3v) is 3.39. The van der Waals surface area contributed by atoms with E-state index < -0.39 is 5.97 Å². The highest BCUT2D eigenvalue weighted by molar-refractivity contribution is 5.67. The Labute approximate surface area is 115 Å². The van der Waals surface area contributed by atoms with E-state index in [0.29, 0.717) is 24.1 Å². The molecule has 0 aromatic carbocycles. The number of hydrogen-bond donors (Lipinski definition) is 1. The van der Waals surface area contributed by atoms with Gasteiger partial charge < -0.3 is 13.9 Å². The van der Waals surface area contributed by atoms with Crippen molar-refractivity contribution in [3.8, 4) is 11.7 Å². The summed E-state index contributed by atoms with van der Waals surface area (Å²) in [7, 11) is 0. The van der Waals surface area contributed by atoms with Gasteiger partial charge in [-0.25, -0.2) is 0 Å². The van der Waals surface area contributed by atoms with Gasteiger partial charge in [0.2, 0.25) is 5.89 Å². The van der Waals surface area contributed by atoms with Gasteiger partial charge in [0.15, 0.2) is 5.76 Å². The van der Waals surface area contributed by atoms with E-state index in [1.54, 1.807) is 18.4 Å². The Hall–Kier alpha value is -2.15. The van der Waals surface area contributed by atoms with Gasteiger partial charge in [-0.15, -0.1) is 10.2 Å². The van der Waals surface area contributed by atoms with Crippen LogP contribution in [0.1, 0.15) is 18.7 Å². The van der Waals surface area contributed by atoms with Crippen molar-refractivity contribution < 1.29 is 18.7 Å². The molecule has 0 radical (unpaired) electrons. The number of aliphatic carboxylic acids is 1. The molecule has 1 N–H and O–H groups in total. The SMILES string of the molecule is O=C(O)CC1CCN(Cc2nnc(-c3ccco3)o2)C1. The van der Waals surface area contributed by atoms with E-state index >= 15 is 0 Å². The molecule has 7 nitrogen and oxygen atoms in total. The van der Waals surface area contributed by atoms with Gasteiger partial charge >= 0.3 is 5.97 Å². The number of carbonyl (C=O) groups is 1. The monoisotopic (exact) mass is 277 g/mol. The second kappa shape index (κ2) is 5.46. The van der Waals surface area contributed by atoms with Crippen LogP contribution in [0.15, 0.2) is 27.2 Å². The van der Waals surface area contributed by atoms with Crippen LogP contribution in [-0.4, -0.2) is 39.3 Å². The Morgan fingerprint density at radius 1 is 1.50 bits per heavy atom. The zero-order chi connectivity index (χ0) is 13.9. The normalized spacial score (nSPS) is 19.5. The standard InChI is InChI=1S/C13H15N3O4/c17-12(18)6-9-3-4-16(7-9)8-11-14-15-13(20-11)10-2-1-5-19-10/h1-2,5,9H,3-4,6-8H2,(H,17,18). The lowest BCUT2D eigenvalue weighted by atomic mass is 10.1. The van der Waals surface area contributed by atoms with Gasteiger partial charge in [0.1, 0.15) is 0 Å². The Kier molecular flexibility index (Phi) is 3.51. The predicted molar refractivity (Wildman–Crippen MR) is 67.6 cm³/mol. The minimum absolute atomic E-state index is 0.208.